The molecule has 2 N–H and O–H groups in total. The van der Waals surface area contributed by atoms with E-state index in [1.54, 1.807) is 0 Å². The number of aryl methyl sites for hydroxylation is 1. The number of rotatable bonds is 5. The van der Waals surface area contributed by atoms with Gasteiger partial charge in [-0.1, -0.05) is 42.0 Å². The predicted molar refractivity (Wildman–Crippen MR) is 69.0 cm³/mol. The van der Waals surface area contributed by atoms with Crippen molar-refractivity contribution in [2.45, 2.75) is 13.8 Å². The summed E-state index contributed by atoms with van der Waals surface area (Å²) in [5.41, 5.74) is 5.05. The second-order valence-electron chi connectivity index (χ2n) is 3.68. The summed E-state index contributed by atoms with van der Waals surface area (Å²) in [4.78, 5) is 10.4. The smallest absolute Gasteiger partial charge is 0.351 e. The van der Waals surface area contributed by atoms with Gasteiger partial charge in [0.15, 0.2) is 0 Å². The Bertz CT molecular complexity index is 450. The van der Waals surface area contributed by atoms with Crippen molar-refractivity contribution >= 4 is 17.8 Å². The lowest BCUT2D eigenvalue weighted by atomic mass is 10.1. The van der Waals surface area contributed by atoms with E-state index in [0.717, 1.165) is 5.56 Å². The van der Waals surface area contributed by atoms with E-state index in [1.807, 2.05) is 37.3 Å². The molecule has 0 aliphatic rings. The van der Waals surface area contributed by atoms with E-state index in [-0.39, 0.29) is 5.71 Å². The van der Waals surface area contributed by atoms with E-state index in [0.29, 0.717) is 6.54 Å². The Morgan fingerprint density at radius 3 is 2.94 bits per heavy atom. The monoisotopic (exact) mass is 232 g/mol. The molecule has 0 amide bonds. The van der Waals surface area contributed by atoms with Crippen LogP contribution in [0.3, 0.4) is 0 Å². The van der Waals surface area contributed by atoms with Gasteiger partial charge in [-0.25, -0.2) is 4.79 Å². The van der Waals surface area contributed by atoms with Crippen LogP contribution in [0, 0.1) is 6.92 Å². The lowest BCUT2D eigenvalue weighted by Crippen LogP contribution is -2.15. The third-order valence-corrected chi connectivity index (χ3v) is 2.12. The maximum Gasteiger partial charge on any atom is 0.351 e. The van der Waals surface area contributed by atoms with E-state index in [2.05, 4.69) is 16.6 Å². The number of carbonyl (C=O) groups is 1. The number of hydrogen-bond donors (Lipinski definition) is 2. The van der Waals surface area contributed by atoms with Crippen LogP contribution >= 0.6 is 0 Å². The molecule has 17 heavy (non-hydrogen) atoms. The molecular formula is C13H16N2O2. The van der Waals surface area contributed by atoms with Crippen molar-refractivity contribution in [1.82, 2.24) is 5.43 Å². The fraction of sp³-hybridized carbons (Fsp3) is 0.231. The molecule has 1 aromatic rings. The Morgan fingerprint density at radius 1 is 1.53 bits per heavy atom. The molecule has 0 saturated heterocycles. The van der Waals surface area contributed by atoms with Crippen molar-refractivity contribution < 1.29 is 9.90 Å². The zero-order valence-electron chi connectivity index (χ0n) is 9.97. The van der Waals surface area contributed by atoms with Gasteiger partial charge in [0.2, 0.25) is 0 Å². The van der Waals surface area contributed by atoms with Gasteiger partial charge in [-0.05, 0) is 19.4 Å². The Balaban J connectivity index is 2.41. The molecule has 0 spiro atoms. The molecule has 0 heterocycles. The molecule has 1 rings (SSSR count). The summed E-state index contributed by atoms with van der Waals surface area (Å²) in [6.45, 7) is 3.98. The van der Waals surface area contributed by atoms with Crippen molar-refractivity contribution in [1.29, 1.82) is 0 Å². The highest BCUT2D eigenvalue weighted by atomic mass is 16.4. The Labute approximate surface area is 101 Å². The van der Waals surface area contributed by atoms with E-state index in [1.165, 1.54) is 12.5 Å². The summed E-state index contributed by atoms with van der Waals surface area (Å²) in [7, 11) is 0. The van der Waals surface area contributed by atoms with Crippen LogP contribution in [-0.2, 0) is 4.79 Å². The van der Waals surface area contributed by atoms with Gasteiger partial charge in [0, 0.05) is 0 Å². The molecule has 4 heteroatoms. The van der Waals surface area contributed by atoms with Gasteiger partial charge in [0.1, 0.15) is 5.71 Å². The second kappa shape index (κ2) is 6.48. The first kappa shape index (κ1) is 13.0. The highest BCUT2D eigenvalue weighted by molar-refractivity contribution is 6.34. The van der Waals surface area contributed by atoms with Crippen molar-refractivity contribution in [3.63, 3.8) is 0 Å². The molecule has 0 aliphatic heterocycles. The first-order valence-electron chi connectivity index (χ1n) is 5.33. The molecule has 0 atom stereocenters. The normalized spacial score (nSPS) is 11.8. The van der Waals surface area contributed by atoms with E-state index < -0.39 is 5.97 Å². The SMILES string of the molecule is C/C(=N/NC/C=C/c1cccc(C)c1)C(=O)O. The quantitative estimate of drug-likeness (QED) is 0.464. The molecule has 4 nitrogen and oxygen atoms in total. The van der Waals surface area contributed by atoms with E-state index in [4.69, 9.17) is 5.11 Å². The van der Waals surface area contributed by atoms with Crippen LogP contribution in [0.25, 0.3) is 6.08 Å². The standard InChI is InChI=1S/C13H16N2O2/c1-10-5-3-6-12(9-10)7-4-8-14-15-11(2)13(16)17/h3-7,9,14H,8H2,1-2H3,(H,16,17)/b7-4+,15-11-. The largest absolute Gasteiger partial charge is 0.477 e. The summed E-state index contributed by atoms with van der Waals surface area (Å²) in [6.07, 6.45) is 3.86. The minimum absolute atomic E-state index is 0.0500. The van der Waals surface area contributed by atoms with Crippen molar-refractivity contribution in [3.05, 3.63) is 41.5 Å². The number of hydrogen-bond acceptors (Lipinski definition) is 3. The molecule has 0 unspecified atom stereocenters. The van der Waals surface area contributed by atoms with E-state index >= 15 is 0 Å². The van der Waals surface area contributed by atoms with E-state index in [9.17, 15) is 4.79 Å². The molecule has 0 aliphatic carbocycles. The number of benzene rings is 1. The zero-order chi connectivity index (χ0) is 12.7. The fourth-order valence-corrected chi connectivity index (χ4v) is 1.23. The summed E-state index contributed by atoms with van der Waals surface area (Å²) >= 11 is 0. The van der Waals surface area contributed by atoms with Crippen LogP contribution in [0.1, 0.15) is 18.1 Å². The van der Waals surface area contributed by atoms with Crippen LogP contribution in [0.4, 0.5) is 0 Å². The van der Waals surface area contributed by atoms with Gasteiger partial charge >= 0.3 is 5.97 Å². The number of carboxylic acid groups (broad SMARTS) is 1. The minimum atomic E-state index is -1.01. The van der Waals surface area contributed by atoms with Crippen LogP contribution in [0.5, 0.6) is 0 Å². The van der Waals surface area contributed by atoms with Gasteiger partial charge in [-0.3, -0.25) is 0 Å². The summed E-state index contributed by atoms with van der Waals surface area (Å²) in [6, 6.07) is 8.11. The molecule has 0 saturated carbocycles. The average Bonchev–Trinajstić information content (AvgIpc) is 2.28. The fourth-order valence-electron chi connectivity index (χ4n) is 1.23. The van der Waals surface area contributed by atoms with Gasteiger partial charge in [0.25, 0.3) is 0 Å². The van der Waals surface area contributed by atoms with Crippen LogP contribution in [0.15, 0.2) is 35.4 Å². The maximum atomic E-state index is 10.4. The Hall–Kier alpha value is -2.10. The van der Waals surface area contributed by atoms with Gasteiger partial charge < -0.3 is 10.5 Å². The molecule has 90 valence electrons. The topological polar surface area (TPSA) is 61.7 Å². The summed E-state index contributed by atoms with van der Waals surface area (Å²) in [5.74, 6) is -1.01. The van der Waals surface area contributed by atoms with Crippen molar-refractivity contribution in [2.24, 2.45) is 5.10 Å². The predicted octanol–water partition coefficient (Wildman–Crippen LogP) is 2.06. The second-order valence-corrected chi connectivity index (χ2v) is 3.68. The van der Waals surface area contributed by atoms with Gasteiger partial charge in [-0.2, -0.15) is 5.10 Å². The lowest BCUT2D eigenvalue weighted by molar-refractivity contribution is -0.129. The summed E-state index contributed by atoms with van der Waals surface area (Å²) < 4.78 is 0. The molecule has 0 radical (unpaired) electrons. The molecular weight excluding hydrogens is 216 g/mol. The highest BCUT2D eigenvalue weighted by Gasteiger charge is 1.99. The molecule has 0 fully saturated rings. The number of hydrazone groups is 1. The van der Waals surface area contributed by atoms with Gasteiger partial charge in [-0.15, -0.1) is 0 Å². The average molecular weight is 232 g/mol. The zero-order valence-corrected chi connectivity index (χ0v) is 9.97. The lowest BCUT2D eigenvalue weighted by Gasteiger charge is -1.97. The maximum absolute atomic E-state index is 10.4. The first-order chi connectivity index (χ1) is 8.09. The van der Waals surface area contributed by atoms with Crippen molar-refractivity contribution in [2.75, 3.05) is 6.54 Å². The van der Waals surface area contributed by atoms with Gasteiger partial charge in [0.05, 0.1) is 6.54 Å². The summed E-state index contributed by atoms with van der Waals surface area (Å²) in [5, 5.41) is 12.2. The third-order valence-electron chi connectivity index (χ3n) is 2.12. The number of aliphatic carboxylic acids is 1. The van der Waals surface area contributed by atoms with Crippen LogP contribution < -0.4 is 5.43 Å². The molecule has 0 bridgehead atoms. The van der Waals surface area contributed by atoms with Crippen molar-refractivity contribution in [3.8, 4) is 0 Å². The number of nitrogens with one attached hydrogen (secondary N) is 1. The Kier molecular flexibility index (Phi) is 4.94. The third kappa shape index (κ3) is 4.97. The van der Waals surface area contributed by atoms with Crippen LogP contribution in [0.2, 0.25) is 0 Å². The molecule has 1 aromatic carbocycles. The first-order valence-corrected chi connectivity index (χ1v) is 5.33. The number of carboxylic acids is 1. The van der Waals surface area contributed by atoms with Crippen LogP contribution in [-0.4, -0.2) is 23.3 Å². The molecule has 0 aromatic heterocycles. The Morgan fingerprint density at radius 2 is 2.29 bits per heavy atom. The minimum Gasteiger partial charge on any atom is -0.477 e. The number of nitrogens with zero attached hydrogens (tertiary/aromatic N) is 1. The highest BCUT2D eigenvalue weighted by Crippen LogP contribution is 2.05.